The first-order valence-electron chi connectivity index (χ1n) is 22.9. The Labute approximate surface area is 397 Å². The molecular formula is C63H40N4S. The molecule has 0 aliphatic carbocycles. The number of rotatable bonds is 8. The zero-order valence-corrected chi connectivity index (χ0v) is 37.6. The number of fused-ring (bicyclic) bond motifs is 7. The summed E-state index contributed by atoms with van der Waals surface area (Å²) < 4.78 is 4.90. The van der Waals surface area contributed by atoms with Crippen molar-refractivity contribution in [2.75, 3.05) is 0 Å². The van der Waals surface area contributed by atoms with E-state index in [2.05, 4.69) is 211 Å². The molecule has 0 bridgehead atoms. The summed E-state index contributed by atoms with van der Waals surface area (Å²) in [5.41, 5.74) is 15.3. The predicted octanol–water partition coefficient (Wildman–Crippen LogP) is 17.0. The standard InChI is InChI=1S/C63H40N4S/c1-6-19-41(20-7-1)45-33-35-48(42-21-8-2-9-22-42)53(39-45)46-34-36-49(54(40-46)63-65-61(43-23-10-3-11-24-43)64-62(66-63)44-25-12-4-13-26-44)50-30-18-32-57-58(50)52-37-38-56-59(60(52)68-57)51-29-16-17-31-55(51)67(56)47-27-14-5-15-28-47/h1-40H. The molecule has 0 atom stereocenters. The Bertz CT molecular complexity index is 3940. The van der Waals surface area contributed by atoms with Crippen LogP contribution in [0.2, 0.25) is 0 Å². The molecule has 0 N–H and O–H groups in total. The average Bonchev–Trinajstić information content (AvgIpc) is 3.98. The van der Waals surface area contributed by atoms with Crippen LogP contribution in [-0.2, 0) is 0 Å². The summed E-state index contributed by atoms with van der Waals surface area (Å²) in [6.45, 7) is 0. The minimum absolute atomic E-state index is 0.611. The van der Waals surface area contributed by atoms with Crippen molar-refractivity contribution in [3.63, 3.8) is 0 Å². The highest BCUT2D eigenvalue weighted by atomic mass is 32.1. The highest BCUT2D eigenvalue weighted by molar-refractivity contribution is 7.27. The molecular weight excluding hydrogens is 845 g/mol. The maximum absolute atomic E-state index is 5.38. The Morgan fingerprint density at radius 1 is 0.294 bits per heavy atom. The molecule has 0 saturated heterocycles. The number of para-hydroxylation sites is 2. The summed E-state index contributed by atoms with van der Waals surface area (Å²) in [6.07, 6.45) is 0. The van der Waals surface area contributed by atoms with E-state index in [1.807, 2.05) is 47.7 Å². The van der Waals surface area contributed by atoms with E-state index in [1.54, 1.807) is 0 Å². The summed E-state index contributed by atoms with van der Waals surface area (Å²) in [6, 6.07) is 86.4. The monoisotopic (exact) mass is 884 g/mol. The number of hydrogen-bond acceptors (Lipinski definition) is 4. The fourth-order valence-corrected chi connectivity index (χ4v) is 11.2. The minimum atomic E-state index is 0.611. The van der Waals surface area contributed by atoms with E-state index >= 15 is 0 Å². The Kier molecular flexibility index (Phi) is 9.66. The van der Waals surface area contributed by atoms with Crippen molar-refractivity contribution in [1.82, 2.24) is 19.5 Å². The summed E-state index contributed by atoms with van der Waals surface area (Å²) in [5.74, 6) is 1.86. The second-order valence-electron chi connectivity index (χ2n) is 17.1. The SMILES string of the molecule is c1ccc(-c2ccc(-c3ccccc3)c(-c3ccc(-c4cccc5sc6c(ccc7c6c6ccccc6n7-c6ccccc6)c45)c(-c4nc(-c5ccccc5)nc(-c5ccccc5)n4)c3)c2)cc1. The van der Waals surface area contributed by atoms with Gasteiger partial charge in [-0.05, 0) is 87.0 Å². The molecule has 13 rings (SSSR count). The quantitative estimate of drug-likeness (QED) is 0.153. The third kappa shape index (κ3) is 6.79. The van der Waals surface area contributed by atoms with Gasteiger partial charge in [-0.25, -0.2) is 15.0 Å². The number of benzene rings is 10. The molecule has 318 valence electrons. The van der Waals surface area contributed by atoms with Crippen LogP contribution in [0, 0.1) is 0 Å². The Morgan fingerprint density at radius 3 is 1.54 bits per heavy atom. The van der Waals surface area contributed by atoms with E-state index in [0.29, 0.717) is 17.5 Å². The van der Waals surface area contributed by atoms with Crippen molar-refractivity contribution in [1.29, 1.82) is 0 Å². The van der Waals surface area contributed by atoms with Gasteiger partial charge in [-0.3, -0.25) is 0 Å². The van der Waals surface area contributed by atoms with Crippen LogP contribution in [0.5, 0.6) is 0 Å². The molecule has 3 aromatic heterocycles. The van der Waals surface area contributed by atoms with Gasteiger partial charge < -0.3 is 4.57 Å². The summed E-state index contributed by atoms with van der Waals surface area (Å²) in [4.78, 5) is 15.9. The molecule has 0 saturated carbocycles. The van der Waals surface area contributed by atoms with E-state index in [0.717, 1.165) is 61.3 Å². The van der Waals surface area contributed by atoms with Gasteiger partial charge in [0.05, 0.1) is 11.0 Å². The molecule has 5 heteroatoms. The highest BCUT2D eigenvalue weighted by Crippen LogP contribution is 2.48. The minimum Gasteiger partial charge on any atom is -0.309 e. The molecule has 10 aromatic carbocycles. The number of thiophene rings is 1. The maximum atomic E-state index is 5.38. The van der Waals surface area contributed by atoms with E-state index < -0.39 is 0 Å². The molecule has 3 heterocycles. The van der Waals surface area contributed by atoms with E-state index in [1.165, 1.54) is 47.5 Å². The molecule has 68 heavy (non-hydrogen) atoms. The maximum Gasteiger partial charge on any atom is 0.164 e. The van der Waals surface area contributed by atoms with Crippen LogP contribution in [0.25, 0.3) is 126 Å². The number of aromatic nitrogens is 4. The molecule has 0 spiro atoms. The van der Waals surface area contributed by atoms with Crippen LogP contribution in [0.1, 0.15) is 0 Å². The Morgan fingerprint density at radius 2 is 0.853 bits per heavy atom. The van der Waals surface area contributed by atoms with E-state index in [-0.39, 0.29) is 0 Å². The predicted molar refractivity (Wildman–Crippen MR) is 285 cm³/mol. The summed E-state index contributed by atoms with van der Waals surface area (Å²) in [5, 5.41) is 4.96. The highest BCUT2D eigenvalue weighted by Gasteiger charge is 2.23. The van der Waals surface area contributed by atoms with Crippen LogP contribution in [0.4, 0.5) is 0 Å². The van der Waals surface area contributed by atoms with Gasteiger partial charge in [0.2, 0.25) is 0 Å². The van der Waals surface area contributed by atoms with Crippen molar-refractivity contribution >= 4 is 53.3 Å². The van der Waals surface area contributed by atoms with Gasteiger partial charge in [0.25, 0.3) is 0 Å². The van der Waals surface area contributed by atoms with Crippen molar-refractivity contribution in [2.24, 2.45) is 0 Å². The normalized spacial score (nSPS) is 11.5. The Balaban J connectivity index is 1.10. The molecule has 0 aliphatic heterocycles. The lowest BCUT2D eigenvalue weighted by Gasteiger charge is -2.17. The zero-order valence-electron chi connectivity index (χ0n) is 36.8. The first-order chi connectivity index (χ1) is 33.7. The van der Waals surface area contributed by atoms with Crippen LogP contribution in [-0.4, -0.2) is 19.5 Å². The molecule has 0 fully saturated rings. The second kappa shape index (κ2) is 16.6. The number of nitrogens with zero attached hydrogens (tertiary/aromatic N) is 4. The zero-order chi connectivity index (χ0) is 45.0. The van der Waals surface area contributed by atoms with Crippen LogP contribution in [0.15, 0.2) is 243 Å². The third-order valence-corrected chi connectivity index (χ3v) is 14.3. The van der Waals surface area contributed by atoms with Crippen LogP contribution in [0.3, 0.4) is 0 Å². The van der Waals surface area contributed by atoms with Crippen molar-refractivity contribution in [3.05, 3.63) is 243 Å². The van der Waals surface area contributed by atoms with Gasteiger partial charge in [0.15, 0.2) is 17.5 Å². The fraction of sp³-hybridized carbons (Fsp3) is 0. The third-order valence-electron chi connectivity index (χ3n) is 13.1. The molecule has 0 radical (unpaired) electrons. The molecule has 4 nitrogen and oxygen atoms in total. The van der Waals surface area contributed by atoms with Gasteiger partial charge in [0, 0.05) is 53.3 Å². The topological polar surface area (TPSA) is 43.6 Å². The Hall–Kier alpha value is -8.77. The van der Waals surface area contributed by atoms with Gasteiger partial charge in [-0.1, -0.05) is 200 Å². The lowest BCUT2D eigenvalue weighted by atomic mass is 9.88. The van der Waals surface area contributed by atoms with Crippen molar-refractivity contribution in [2.45, 2.75) is 0 Å². The average molecular weight is 885 g/mol. The second-order valence-corrected chi connectivity index (χ2v) is 18.1. The lowest BCUT2D eigenvalue weighted by Crippen LogP contribution is -2.01. The van der Waals surface area contributed by atoms with Gasteiger partial charge in [-0.2, -0.15) is 0 Å². The van der Waals surface area contributed by atoms with Crippen molar-refractivity contribution in [3.8, 4) is 84.4 Å². The summed E-state index contributed by atoms with van der Waals surface area (Å²) in [7, 11) is 0. The van der Waals surface area contributed by atoms with Gasteiger partial charge in [0.1, 0.15) is 0 Å². The molecule has 0 aliphatic rings. The smallest absolute Gasteiger partial charge is 0.164 e. The van der Waals surface area contributed by atoms with E-state index in [4.69, 9.17) is 15.0 Å². The van der Waals surface area contributed by atoms with Gasteiger partial charge >= 0.3 is 0 Å². The first-order valence-corrected chi connectivity index (χ1v) is 23.7. The van der Waals surface area contributed by atoms with Crippen LogP contribution >= 0.6 is 11.3 Å². The van der Waals surface area contributed by atoms with Crippen molar-refractivity contribution < 1.29 is 0 Å². The fourth-order valence-electron chi connectivity index (χ4n) is 9.94. The molecule has 13 aromatic rings. The molecule has 0 amide bonds. The van der Waals surface area contributed by atoms with E-state index in [9.17, 15) is 0 Å². The lowest BCUT2D eigenvalue weighted by molar-refractivity contribution is 1.07. The molecule has 0 unspecified atom stereocenters. The van der Waals surface area contributed by atoms with Gasteiger partial charge in [-0.15, -0.1) is 11.3 Å². The summed E-state index contributed by atoms with van der Waals surface area (Å²) >= 11 is 1.87. The first kappa shape index (κ1) is 39.6. The van der Waals surface area contributed by atoms with Crippen LogP contribution < -0.4 is 0 Å². The largest absolute Gasteiger partial charge is 0.309 e. The number of hydrogen-bond donors (Lipinski definition) is 0.